The third kappa shape index (κ3) is 2.52. The van der Waals surface area contributed by atoms with E-state index < -0.39 is 0 Å². The number of para-hydroxylation sites is 1. The van der Waals surface area contributed by atoms with E-state index in [0.717, 1.165) is 13.0 Å². The van der Waals surface area contributed by atoms with Crippen LogP contribution in [0.1, 0.15) is 19.4 Å². The van der Waals surface area contributed by atoms with Crippen molar-refractivity contribution in [3.8, 4) is 0 Å². The summed E-state index contributed by atoms with van der Waals surface area (Å²) in [5, 5.41) is 7.04. The molecule has 15 heavy (non-hydrogen) atoms. The highest BCUT2D eigenvalue weighted by atomic mass is 79.9. The van der Waals surface area contributed by atoms with Crippen LogP contribution in [0.4, 0.5) is 5.69 Å². The van der Waals surface area contributed by atoms with Gasteiger partial charge in [0.2, 0.25) is 0 Å². The largest absolute Gasteiger partial charge is 0.382 e. The Hall–Kier alpha value is -0.540. The lowest BCUT2D eigenvalue weighted by molar-refractivity contribution is 0.467. The second-order valence-electron chi connectivity index (χ2n) is 4.38. The number of fused-ring (bicyclic) bond motifs is 1. The maximum absolute atomic E-state index is 3.57. The van der Waals surface area contributed by atoms with E-state index in [0.29, 0.717) is 12.1 Å². The van der Waals surface area contributed by atoms with Gasteiger partial charge in [0, 0.05) is 23.1 Å². The molecule has 0 fully saturated rings. The van der Waals surface area contributed by atoms with E-state index in [2.05, 4.69) is 58.6 Å². The molecular formula is C12H17BrN2. The maximum atomic E-state index is 3.57. The summed E-state index contributed by atoms with van der Waals surface area (Å²) in [7, 11) is 0. The highest BCUT2D eigenvalue weighted by molar-refractivity contribution is 9.10. The predicted molar refractivity (Wildman–Crippen MR) is 68.4 cm³/mol. The van der Waals surface area contributed by atoms with Crippen molar-refractivity contribution in [3.63, 3.8) is 0 Å². The first-order chi connectivity index (χ1) is 7.16. The molecular weight excluding hydrogens is 252 g/mol. The number of anilines is 1. The predicted octanol–water partition coefficient (Wildman–Crippen LogP) is 2.78. The van der Waals surface area contributed by atoms with Crippen LogP contribution in [0.25, 0.3) is 0 Å². The quantitative estimate of drug-likeness (QED) is 0.862. The second-order valence-corrected chi connectivity index (χ2v) is 5.23. The van der Waals surface area contributed by atoms with E-state index in [9.17, 15) is 0 Å². The fourth-order valence-corrected chi connectivity index (χ4v) is 2.64. The third-order valence-corrected chi connectivity index (χ3v) is 3.32. The minimum Gasteiger partial charge on any atom is -0.382 e. The van der Waals surface area contributed by atoms with Crippen molar-refractivity contribution >= 4 is 21.6 Å². The molecule has 2 nitrogen and oxygen atoms in total. The number of rotatable bonds is 2. The lowest BCUT2D eigenvalue weighted by Gasteiger charge is -2.29. The van der Waals surface area contributed by atoms with E-state index in [4.69, 9.17) is 0 Å². The minimum atomic E-state index is 0.547. The average Bonchev–Trinajstić information content (AvgIpc) is 2.17. The molecule has 0 amide bonds. The monoisotopic (exact) mass is 268 g/mol. The lowest BCUT2D eigenvalue weighted by Crippen LogP contribution is -2.43. The average molecular weight is 269 g/mol. The van der Waals surface area contributed by atoms with E-state index >= 15 is 0 Å². The zero-order valence-electron chi connectivity index (χ0n) is 9.18. The highest BCUT2D eigenvalue weighted by Gasteiger charge is 2.19. The van der Waals surface area contributed by atoms with Crippen molar-refractivity contribution in [1.82, 2.24) is 5.32 Å². The number of benzene rings is 1. The van der Waals surface area contributed by atoms with Crippen LogP contribution in [-0.4, -0.2) is 18.6 Å². The highest BCUT2D eigenvalue weighted by Crippen LogP contribution is 2.29. The Bertz CT molecular complexity index is 349. The minimum absolute atomic E-state index is 0.547. The summed E-state index contributed by atoms with van der Waals surface area (Å²) in [4.78, 5) is 0. The van der Waals surface area contributed by atoms with Crippen molar-refractivity contribution in [3.05, 3.63) is 28.2 Å². The molecule has 0 saturated heterocycles. The summed E-state index contributed by atoms with van der Waals surface area (Å²) >= 11 is 3.57. The van der Waals surface area contributed by atoms with Gasteiger partial charge in [0.05, 0.1) is 5.69 Å². The molecule has 82 valence electrons. The van der Waals surface area contributed by atoms with Crippen molar-refractivity contribution in [1.29, 1.82) is 0 Å². The molecule has 3 heteroatoms. The zero-order chi connectivity index (χ0) is 10.8. The van der Waals surface area contributed by atoms with E-state index in [1.165, 1.54) is 15.7 Å². The molecule has 0 aliphatic carbocycles. The number of hydrogen-bond donors (Lipinski definition) is 2. The second kappa shape index (κ2) is 4.54. The normalized spacial score (nSPS) is 19.9. The molecule has 1 unspecified atom stereocenters. The molecule has 0 bridgehead atoms. The first-order valence-electron chi connectivity index (χ1n) is 5.44. The molecule has 2 N–H and O–H groups in total. The summed E-state index contributed by atoms with van der Waals surface area (Å²) < 4.78 is 1.17. The fraction of sp³-hybridized carbons (Fsp3) is 0.500. The van der Waals surface area contributed by atoms with Gasteiger partial charge >= 0.3 is 0 Å². The van der Waals surface area contributed by atoms with Gasteiger partial charge in [-0.25, -0.2) is 0 Å². The van der Waals surface area contributed by atoms with Crippen molar-refractivity contribution < 1.29 is 0 Å². The van der Waals surface area contributed by atoms with Crippen LogP contribution in [0.5, 0.6) is 0 Å². The molecule has 0 spiro atoms. The summed E-state index contributed by atoms with van der Waals surface area (Å²) in [5.74, 6) is 0. The number of halogens is 1. The van der Waals surface area contributed by atoms with E-state index in [-0.39, 0.29) is 0 Å². The molecule has 0 radical (unpaired) electrons. The third-order valence-electron chi connectivity index (χ3n) is 2.66. The Labute approximate surface area is 99.6 Å². The van der Waals surface area contributed by atoms with Crippen LogP contribution in [0.3, 0.4) is 0 Å². The Morgan fingerprint density at radius 1 is 1.47 bits per heavy atom. The van der Waals surface area contributed by atoms with Crippen LogP contribution >= 0.6 is 15.9 Å². The summed E-state index contributed by atoms with van der Waals surface area (Å²) in [5.41, 5.74) is 2.66. The number of nitrogens with one attached hydrogen (secondary N) is 2. The van der Waals surface area contributed by atoms with Gasteiger partial charge < -0.3 is 10.6 Å². The molecule has 1 aliphatic heterocycles. The molecule has 1 atom stereocenters. The first kappa shape index (κ1) is 11.0. The molecule has 0 saturated carbocycles. The SMILES string of the molecule is CC(C)NC1CNc2c(Br)cccc2C1. The van der Waals surface area contributed by atoms with Gasteiger partial charge in [0.1, 0.15) is 0 Å². The summed E-state index contributed by atoms with van der Waals surface area (Å²) in [6.45, 7) is 5.39. The van der Waals surface area contributed by atoms with Gasteiger partial charge in [0.15, 0.2) is 0 Å². The molecule has 1 aromatic carbocycles. The molecule has 0 aromatic heterocycles. The lowest BCUT2D eigenvalue weighted by atomic mass is 9.99. The molecule has 1 heterocycles. The Morgan fingerprint density at radius 3 is 3.00 bits per heavy atom. The van der Waals surface area contributed by atoms with E-state index in [1.807, 2.05) is 0 Å². The molecule has 1 aromatic rings. The van der Waals surface area contributed by atoms with Crippen LogP contribution in [0.2, 0.25) is 0 Å². The van der Waals surface area contributed by atoms with Gasteiger partial charge in [-0.1, -0.05) is 26.0 Å². The van der Waals surface area contributed by atoms with Crippen molar-refractivity contribution in [2.45, 2.75) is 32.4 Å². The topological polar surface area (TPSA) is 24.1 Å². The Morgan fingerprint density at radius 2 is 2.27 bits per heavy atom. The maximum Gasteiger partial charge on any atom is 0.0518 e. The van der Waals surface area contributed by atoms with Crippen LogP contribution < -0.4 is 10.6 Å². The van der Waals surface area contributed by atoms with E-state index in [1.54, 1.807) is 0 Å². The zero-order valence-corrected chi connectivity index (χ0v) is 10.8. The molecule has 2 rings (SSSR count). The van der Waals surface area contributed by atoms with Gasteiger partial charge in [0.25, 0.3) is 0 Å². The summed E-state index contributed by atoms with van der Waals surface area (Å²) in [6, 6.07) is 7.48. The smallest absolute Gasteiger partial charge is 0.0518 e. The molecule has 1 aliphatic rings. The van der Waals surface area contributed by atoms with Gasteiger partial charge in [-0.2, -0.15) is 0 Å². The van der Waals surface area contributed by atoms with Gasteiger partial charge in [-0.3, -0.25) is 0 Å². The van der Waals surface area contributed by atoms with Gasteiger partial charge in [-0.05, 0) is 34.0 Å². The first-order valence-corrected chi connectivity index (χ1v) is 6.23. The Balaban J connectivity index is 2.13. The summed E-state index contributed by atoms with van der Waals surface area (Å²) in [6.07, 6.45) is 1.11. The van der Waals surface area contributed by atoms with Gasteiger partial charge in [-0.15, -0.1) is 0 Å². The number of hydrogen-bond acceptors (Lipinski definition) is 2. The standard InChI is InChI=1S/C12H17BrN2/c1-8(2)15-10-6-9-4-3-5-11(13)12(9)14-7-10/h3-5,8,10,14-15H,6-7H2,1-2H3. The Kier molecular flexibility index (Phi) is 3.32. The van der Waals surface area contributed by atoms with Crippen LogP contribution in [0.15, 0.2) is 22.7 Å². The fourth-order valence-electron chi connectivity index (χ4n) is 2.09. The van der Waals surface area contributed by atoms with Crippen LogP contribution in [-0.2, 0) is 6.42 Å². The van der Waals surface area contributed by atoms with Crippen molar-refractivity contribution in [2.24, 2.45) is 0 Å². The van der Waals surface area contributed by atoms with Crippen LogP contribution in [0, 0.1) is 0 Å². The van der Waals surface area contributed by atoms with Crippen molar-refractivity contribution in [2.75, 3.05) is 11.9 Å².